The highest BCUT2D eigenvalue weighted by Gasteiger charge is 2.25. The molecule has 0 unspecified atom stereocenters. The zero-order chi connectivity index (χ0) is 21.1. The number of nitrogens with zero attached hydrogens (tertiary/aromatic N) is 2. The van der Waals surface area contributed by atoms with Crippen LogP contribution in [0.3, 0.4) is 0 Å². The molecule has 0 N–H and O–H groups in total. The fourth-order valence-corrected chi connectivity index (χ4v) is 5.20. The highest BCUT2D eigenvalue weighted by atomic mass is 35.5. The molecular weight excluding hydrogens is 420 g/mol. The number of carbonyl (C=O) groups is 1. The number of hydrogen-bond donors (Lipinski definition) is 0. The molecule has 7 heteroatoms. The Morgan fingerprint density at radius 1 is 1.13 bits per heavy atom. The molecule has 0 atom stereocenters. The van der Waals surface area contributed by atoms with Crippen molar-refractivity contribution in [3.63, 3.8) is 0 Å². The maximum absolute atomic E-state index is 12.7. The van der Waals surface area contributed by atoms with Crippen LogP contribution in [0.2, 0.25) is 5.02 Å². The zero-order valence-corrected chi connectivity index (χ0v) is 18.8. The van der Waals surface area contributed by atoms with Crippen LogP contribution in [0.25, 0.3) is 10.2 Å². The van der Waals surface area contributed by atoms with Gasteiger partial charge in [0.05, 0.1) is 29.4 Å². The summed E-state index contributed by atoms with van der Waals surface area (Å²) in [5.74, 6) is 2.02. The fraction of sp³-hybridized carbons (Fsp3) is 0.391. The molecule has 1 aliphatic rings. The Morgan fingerprint density at radius 3 is 2.63 bits per heavy atom. The molecule has 5 nitrogen and oxygen atoms in total. The Bertz CT molecular complexity index is 1040. The molecule has 2 heterocycles. The second-order valence-corrected chi connectivity index (χ2v) is 9.01. The molecule has 30 heavy (non-hydrogen) atoms. The number of rotatable bonds is 6. The lowest BCUT2D eigenvalue weighted by Gasteiger charge is -2.31. The number of amides is 1. The Labute approximate surface area is 185 Å². The second kappa shape index (κ2) is 9.23. The van der Waals surface area contributed by atoms with Crippen LogP contribution in [0.5, 0.6) is 11.5 Å². The summed E-state index contributed by atoms with van der Waals surface area (Å²) < 4.78 is 11.8. The van der Waals surface area contributed by atoms with Crippen molar-refractivity contribution in [1.29, 1.82) is 0 Å². The summed E-state index contributed by atoms with van der Waals surface area (Å²) in [5, 5.41) is 1.87. The van der Waals surface area contributed by atoms with Crippen LogP contribution in [0.1, 0.15) is 35.8 Å². The third kappa shape index (κ3) is 4.55. The van der Waals surface area contributed by atoms with Gasteiger partial charge < -0.3 is 14.4 Å². The zero-order valence-electron chi connectivity index (χ0n) is 17.2. The number of piperidine rings is 1. The number of likely N-dealkylation sites (tertiary alicyclic amines) is 1. The van der Waals surface area contributed by atoms with E-state index in [1.165, 1.54) is 4.70 Å². The summed E-state index contributed by atoms with van der Waals surface area (Å²) in [6, 6.07) is 11.7. The second-order valence-electron chi connectivity index (χ2n) is 7.51. The van der Waals surface area contributed by atoms with E-state index in [0.717, 1.165) is 42.0 Å². The monoisotopic (exact) mass is 444 g/mol. The normalized spacial score (nSPS) is 14.8. The SMILES string of the molecule is COc1ccc(CCC(=O)N2CCC(c3nc4cc(Cl)ccc4s3)CC2)cc1OC. The molecule has 2 aromatic carbocycles. The van der Waals surface area contributed by atoms with Gasteiger partial charge in [-0.05, 0) is 55.2 Å². The van der Waals surface area contributed by atoms with Gasteiger partial charge in [-0.2, -0.15) is 0 Å². The van der Waals surface area contributed by atoms with Crippen LogP contribution in [0, 0.1) is 0 Å². The van der Waals surface area contributed by atoms with Crippen molar-refractivity contribution in [2.75, 3.05) is 27.3 Å². The van der Waals surface area contributed by atoms with Gasteiger partial charge in [-0.25, -0.2) is 4.98 Å². The van der Waals surface area contributed by atoms with Crippen LogP contribution in [0.4, 0.5) is 0 Å². The number of aromatic nitrogens is 1. The molecule has 0 bridgehead atoms. The van der Waals surface area contributed by atoms with E-state index in [0.29, 0.717) is 35.3 Å². The first-order valence-corrected chi connectivity index (χ1v) is 11.3. The van der Waals surface area contributed by atoms with Gasteiger partial charge in [0.25, 0.3) is 0 Å². The van der Waals surface area contributed by atoms with E-state index in [4.69, 9.17) is 26.1 Å². The first kappa shape index (κ1) is 20.9. The lowest BCUT2D eigenvalue weighted by Crippen LogP contribution is -2.38. The predicted molar refractivity (Wildman–Crippen MR) is 121 cm³/mol. The number of hydrogen-bond acceptors (Lipinski definition) is 5. The van der Waals surface area contributed by atoms with Gasteiger partial charge in [-0.1, -0.05) is 17.7 Å². The van der Waals surface area contributed by atoms with E-state index in [1.54, 1.807) is 25.6 Å². The molecule has 158 valence electrons. The third-order valence-electron chi connectivity index (χ3n) is 5.64. The molecule has 0 radical (unpaired) electrons. The van der Waals surface area contributed by atoms with Crippen molar-refractivity contribution in [2.45, 2.75) is 31.6 Å². The molecule has 0 aliphatic carbocycles. The minimum Gasteiger partial charge on any atom is -0.493 e. The minimum atomic E-state index is 0.208. The van der Waals surface area contributed by atoms with Crippen molar-refractivity contribution in [1.82, 2.24) is 9.88 Å². The Morgan fingerprint density at radius 2 is 1.90 bits per heavy atom. The number of benzene rings is 2. The van der Waals surface area contributed by atoms with Crippen molar-refractivity contribution in [2.24, 2.45) is 0 Å². The van der Waals surface area contributed by atoms with Crippen LogP contribution in [-0.2, 0) is 11.2 Å². The highest BCUT2D eigenvalue weighted by Crippen LogP contribution is 2.35. The summed E-state index contributed by atoms with van der Waals surface area (Å²) in [6.07, 6.45) is 3.10. The van der Waals surface area contributed by atoms with E-state index >= 15 is 0 Å². The molecular formula is C23H25ClN2O3S. The van der Waals surface area contributed by atoms with Crippen molar-refractivity contribution in [3.05, 3.63) is 52.0 Å². The van der Waals surface area contributed by atoms with E-state index in [9.17, 15) is 4.79 Å². The van der Waals surface area contributed by atoms with Gasteiger partial charge in [0.15, 0.2) is 11.5 Å². The first-order chi connectivity index (χ1) is 14.6. The Kier molecular flexibility index (Phi) is 6.44. The standard InChI is InChI=1S/C23H25ClN2O3S/c1-28-19-6-3-15(13-20(19)29-2)4-8-22(27)26-11-9-16(10-12-26)23-25-18-14-17(24)5-7-21(18)30-23/h3,5-7,13-14,16H,4,8-12H2,1-2H3. The summed E-state index contributed by atoms with van der Waals surface area (Å²) in [5.41, 5.74) is 2.04. The fourth-order valence-electron chi connectivity index (χ4n) is 3.91. The number of carbonyl (C=O) groups excluding carboxylic acids is 1. The van der Waals surface area contributed by atoms with E-state index in [1.807, 2.05) is 41.3 Å². The lowest BCUT2D eigenvalue weighted by atomic mass is 9.97. The van der Waals surface area contributed by atoms with E-state index < -0.39 is 0 Å². The average molecular weight is 445 g/mol. The van der Waals surface area contributed by atoms with E-state index in [2.05, 4.69) is 0 Å². The lowest BCUT2D eigenvalue weighted by molar-refractivity contribution is -0.132. The predicted octanol–water partition coefficient (Wildman–Crippen LogP) is 5.31. The maximum Gasteiger partial charge on any atom is 0.222 e. The number of aryl methyl sites for hydroxylation is 1. The smallest absolute Gasteiger partial charge is 0.222 e. The molecule has 0 spiro atoms. The van der Waals surface area contributed by atoms with Crippen molar-refractivity contribution in [3.8, 4) is 11.5 Å². The maximum atomic E-state index is 12.7. The quantitative estimate of drug-likeness (QED) is 0.517. The van der Waals surface area contributed by atoms with Gasteiger partial charge >= 0.3 is 0 Å². The molecule has 1 aliphatic heterocycles. The molecule has 1 fully saturated rings. The number of fused-ring (bicyclic) bond motifs is 1. The Balaban J connectivity index is 1.31. The van der Waals surface area contributed by atoms with Crippen molar-refractivity contribution >= 4 is 39.1 Å². The molecule has 1 aromatic heterocycles. The molecule has 1 amide bonds. The summed E-state index contributed by atoms with van der Waals surface area (Å²) in [7, 11) is 3.24. The number of ether oxygens (including phenoxy) is 2. The molecule has 4 rings (SSSR count). The number of methoxy groups -OCH3 is 2. The van der Waals surface area contributed by atoms with Crippen LogP contribution >= 0.6 is 22.9 Å². The minimum absolute atomic E-state index is 0.208. The van der Waals surface area contributed by atoms with Gasteiger partial charge in [0, 0.05) is 30.5 Å². The van der Waals surface area contributed by atoms with Gasteiger partial charge in [0.2, 0.25) is 5.91 Å². The van der Waals surface area contributed by atoms with Crippen LogP contribution in [0.15, 0.2) is 36.4 Å². The summed E-state index contributed by atoms with van der Waals surface area (Å²) in [6.45, 7) is 1.57. The van der Waals surface area contributed by atoms with Gasteiger partial charge in [-0.3, -0.25) is 4.79 Å². The molecule has 0 saturated carbocycles. The van der Waals surface area contributed by atoms with Crippen molar-refractivity contribution < 1.29 is 14.3 Å². The Hall–Kier alpha value is -2.31. The van der Waals surface area contributed by atoms with Gasteiger partial charge in [0.1, 0.15) is 0 Å². The summed E-state index contributed by atoms with van der Waals surface area (Å²) >= 11 is 7.82. The topological polar surface area (TPSA) is 51.7 Å². The van der Waals surface area contributed by atoms with Crippen LogP contribution < -0.4 is 9.47 Å². The summed E-state index contributed by atoms with van der Waals surface area (Å²) in [4.78, 5) is 19.5. The molecule has 3 aromatic rings. The highest BCUT2D eigenvalue weighted by molar-refractivity contribution is 7.18. The first-order valence-electron chi connectivity index (χ1n) is 10.1. The van der Waals surface area contributed by atoms with E-state index in [-0.39, 0.29) is 5.91 Å². The van der Waals surface area contributed by atoms with Crippen LogP contribution in [-0.4, -0.2) is 43.1 Å². The number of thiazole rings is 1. The largest absolute Gasteiger partial charge is 0.493 e. The average Bonchev–Trinajstić information content (AvgIpc) is 3.20. The van der Waals surface area contributed by atoms with Gasteiger partial charge in [-0.15, -0.1) is 11.3 Å². The molecule has 1 saturated heterocycles. The third-order valence-corrected chi connectivity index (χ3v) is 7.07. The number of halogens is 1.